The van der Waals surface area contributed by atoms with Crippen LogP contribution in [0.2, 0.25) is 5.02 Å². The van der Waals surface area contributed by atoms with Crippen molar-refractivity contribution < 1.29 is 59.0 Å². The third-order valence-corrected chi connectivity index (χ3v) is 7.07. The molecule has 31 heavy (non-hydrogen) atoms. The molecular formula is C19H19ClN3NaO6S. The molecule has 1 aromatic heterocycles. The number of hydrogen-bond acceptors (Lipinski definition) is 7. The molecule has 0 bridgehead atoms. The number of carboxylic acid groups (broad SMARTS) is 1. The van der Waals surface area contributed by atoms with Crippen molar-refractivity contribution in [2.75, 3.05) is 0 Å². The molecule has 9 nitrogen and oxygen atoms in total. The summed E-state index contributed by atoms with van der Waals surface area (Å²) in [5, 5.41) is 18.1. The summed E-state index contributed by atoms with van der Waals surface area (Å²) in [5.41, 5.74) is 0.996. The van der Waals surface area contributed by atoms with Crippen molar-refractivity contribution in [3.05, 3.63) is 40.6 Å². The van der Waals surface area contributed by atoms with Crippen LogP contribution in [0.1, 0.15) is 30.0 Å². The number of aryl methyl sites for hydroxylation is 1. The first-order valence-corrected chi connectivity index (χ1v) is 10.1. The number of carbonyl (C=O) groups is 3. The molecule has 1 aromatic carbocycles. The van der Waals surface area contributed by atoms with Gasteiger partial charge in [-0.1, -0.05) is 35.0 Å². The molecule has 2 amide bonds. The molecule has 0 spiro atoms. The first kappa shape index (κ1) is 25.7. The van der Waals surface area contributed by atoms with Gasteiger partial charge in [0.1, 0.15) is 28.4 Å². The van der Waals surface area contributed by atoms with Crippen molar-refractivity contribution in [1.29, 1.82) is 0 Å². The van der Waals surface area contributed by atoms with Crippen LogP contribution in [0.25, 0.3) is 11.3 Å². The molecule has 0 aliphatic carbocycles. The third-order valence-electron chi connectivity index (χ3n) is 5.17. The Morgan fingerprint density at radius 1 is 1.32 bits per heavy atom. The largest absolute Gasteiger partial charge is 1.00 e. The average molecular weight is 476 g/mol. The van der Waals surface area contributed by atoms with Gasteiger partial charge in [-0.25, -0.2) is 0 Å². The van der Waals surface area contributed by atoms with Crippen LogP contribution in [-0.4, -0.2) is 55.5 Å². The number of aromatic nitrogens is 1. The van der Waals surface area contributed by atoms with Gasteiger partial charge in [0.2, 0.25) is 5.91 Å². The number of aliphatic carboxylic acids is 1. The quantitative estimate of drug-likeness (QED) is 0.376. The van der Waals surface area contributed by atoms with E-state index in [4.69, 9.17) is 16.1 Å². The maximum atomic E-state index is 13.0. The summed E-state index contributed by atoms with van der Waals surface area (Å²) in [7, 11) is 0. The number of carboxylic acids is 1. The second kappa shape index (κ2) is 9.13. The Kier molecular flexibility index (Phi) is 7.57. The minimum atomic E-state index is -1.31. The molecule has 3 unspecified atom stereocenters. The van der Waals surface area contributed by atoms with Gasteiger partial charge in [-0.2, -0.15) is 0 Å². The smallest absolute Gasteiger partial charge is 0.548 e. The van der Waals surface area contributed by atoms with Crippen molar-refractivity contribution >= 4 is 41.1 Å². The minimum absolute atomic E-state index is 0. The number of thioether (sulfide) groups is 1. The summed E-state index contributed by atoms with van der Waals surface area (Å²) in [6.45, 7) is 5.07. The number of hydrogen-bond donors (Lipinski definition) is 1. The number of amides is 2. The van der Waals surface area contributed by atoms with Crippen LogP contribution in [0.15, 0.2) is 28.8 Å². The maximum Gasteiger partial charge on any atom is 1.00 e. The van der Waals surface area contributed by atoms with Crippen molar-refractivity contribution in [2.45, 2.75) is 43.0 Å². The second-order valence-electron chi connectivity index (χ2n) is 7.47. The number of rotatable bonds is 4. The van der Waals surface area contributed by atoms with Gasteiger partial charge in [-0.3, -0.25) is 9.59 Å². The molecule has 3 N–H and O–H groups in total. The van der Waals surface area contributed by atoms with E-state index in [1.165, 1.54) is 16.7 Å². The number of nitrogens with zero attached hydrogens (tertiary/aromatic N) is 2. The van der Waals surface area contributed by atoms with E-state index in [1.807, 2.05) is 0 Å². The van der Waals surface area contributed by atoms with E-state index in [2.05, 4.69) is 10.5 Å². The maximum absolute atomic E-state index is 13.0. The standard InChI is InChI=1S/C19H18ClN3O5S.Na.H2O/c1-8-11(12(22-28-8)9-6-4-5-7-10(9)20)15(24)21-13-16(25)23-14(18(26)27)19(2,3)29-17(13)23;;/h4-7,13-14,17H,1-3H3,(H,21,24)(H,26,27);;1H2/q;+1;/p-1. The molecule has 2 aliphatic heterocycles. The molecule has 2 saturated heterocycles. The Bertz CT molecular complexity index is 1050. The zero-order valence-corrected chi connectivity index (χ0v) is 20.8. The number of nitrogens with one attached hydrogen (secondary N) is 1. The predicted octanol–water partition coefficient (Wildman–Crippen LogP) is -2.61. The van der Waals surface area contributed by atoms with Gasteiger partial charge in [-0.15, -0.1) is 11.8 Å². The molecule has 4 rings (SSSR count). The first-order valence-electron chi connectivity index (χ1n) is 8.86. The van der Waals surface area contributed by atoms with Crippen LogP contribution in [0.5, 0.6) is 0 Å². The number of β-lactam (4-membered cyclic amide) rings is 1. The summed E-state index contributed by atoms with van der Waals surface area (Å²) in [4.78, 5) is 38.3. The SMILES string of the molecule is Cc1onc(-c2ccccc2Cl)c1C(=O)NC1C(=O)N2C1SC(C)(C)C2C(=O)[O-].O.[Na+]. The van der Waals surface area contributed by atoms with Crippen LogP contribution < -0.4 is 40.0 Å². The van der Waals surface area contributed by atoms with E-state index in [0.717, 1.165) is 0 Å². The fraction of sp³-hybridized carbons (Fsp3) is 0.368. The van der Waals surface area contributed by atoms with E-state index in [9.17, 15) is 19.5 Å². The zero-order valence-electron chi connectivity index (χ0n) is 17.3. The molecular weight excluding hydrogens is 457 g/mol. The van der Waals surface area contributed by atoms with E-state index < -0.39 is 40.0 Å². The van der Waals surface area contributed by atoms with E-state index in [1.54, 1.807) is 45.0 Å². The fourth-order valence-electron chi connectivity index (χ4n) is 3.82. The fourth-order valence-corrected chi connectivity index (χ4v) is 5.66. The van der Waals surface area contributed by atoms with Crippen LogP contribution in [0.4, 0.5) is 0 Å². The second-order valence-corrected chi connectivity index (χ2v) is 9.65. The Morgan fingerprint density at radius 2 is 1.97 bits per heavy atom. The monoisotopic (exact) mass is 475 g/mol. The molecule has 12 heteroatoms. The number of halogens is 1. The van der Waals surface area contributed by atoms with E-state index >= 15 is 0 Å². The molecule has 2 aromatic rings. The number of benzene rings is 1. The van der Waals surface area contributed by atoms with Crippen molar-refractivity contribution in [1.82, 2.24) is 15.4 Å². The number of fused-ring (bicyclic) bond motifs is 1. The molecule has 0 radical (unpaired) electrons. The summed E-state index contributed by atoms with van der Waals surface area (Å²) in [6, 6.07) is 5.02. The van der Waals surface area contributed by atoms with Crippen LogP contribution in [-0.2, 0) is 9.59 Å². The molecule has 0 saturated carbocycles. The van der Waals surface area contributed by atoms with Crippen LogP contribution in [0, 0.1) is 6.92 Å². The van der Waals surface area contributed by atoms with Crippen molar-refractivity contribution in [2.24, 2.45) is 0 Å². The Labute approximate surface area is 209 Å². The van der Waals surface area contributed by atoms with Crippen LogP contribution in [0.3, 0.4) is 0 Å². The summed E-state index contributed by atoms with van der Waals surface area (Å²) >= 11 is 7.54. The van der Waals surface area contributed by atoms with Gasteiger partial charge >= 0.3 is 29.6 Å². The molecule has 160 valence electrons. The van der Waals surface area contributed by atoms with Gasteiger partial charge in [0.05, 0.1) is 17.0 Å². The average Bonchev–Trinajstić information content (AvgIpc) is 3.15. The van der Waals surface area contributed by atoms with Crippen molar-refractivity contribution in [3.8, 4) is 11.3 Å². The zero-order chi connectivity index (χ0) is 21.1. The minimum Gasteiger partial charge on any atom is -0.548 e. The van der Waals surface area contributed by atoms with Gasteiger partial charge in [0.25, 0.3) is 5.91 Å². The summed E-state index contributed by atoms with van der Waals surface area (Å²) < 4.78 is 4.47. The summed E-state index contributed by atoms with van der Waals surface area (Å²) in [6.07, 6.45) is 0. The number of carbonyl (C=O) groups excluding carboxylic acids is 3. The Hall–Kier alpha value is -1.56. The Balaban J connectivity index is 0.00000171. The first-order chi connectivity index (χ1) is 13.6. The van der Waals surface area contributed by atoms with Gasteiger partial charge < -0.3 is 30.1 Å². The van der Waals surface area contributed by atoms with E-state index in [0.29, 0.717) is 10.6 Å². The molecule has 2 aliphatic rings. The molecule has 3 atom stereocenters. The molecule has 3 heterocycles. The van der Waals surface area contributed by atoms with Crippen LogP contribution >= 0.6 is 23.4 Å². The van der Waals surface area contributed by atoms with Gasteiger partial charge in [-0.05, 0) is 26.8 Å². The van der Waals surface area contributed by atoms with Crippen molar-refractivity contribution in [3.63, 3.8) is 0 Å². The Morgan fingerprint density at radius 3 is 2.58 bits per heavy atom. The van der Waals surface area contributed by atoms with E-state index in [-0.39, 0.29) is 52.1 Å². The topological polar surface area (TPSA) is 147 Å². The van der Waals surface area contributed by atoms with Gasteiger partial charge in [0.15, 0.2) is 0 Å². The summed E-state index contributed by atoms with van der Waals surface area (Å²) in [5.74, 6) is -2.01. The predicted molar refractivity (Wildman–Crippen MR) is 108 cm³/mol. The molecule has 2 fully saturated rings. The normalized spacial score (nSPS) is 23.2. The third kappa shape index (κ3) is 4.12. The van der Waals surface area contributed by atoms with Gasteiger partial charge in [0, 0.05) is 10.3 Å².